The van der Waals surface area contributed by atoms with Crippen LogP contribution in [0.5, 0.6) is 5.75 Å². The molecule has 2 aromatic rings. The molecule has 1 aromatic heterocycles. The average Bonchev–Trinajstić information content (AvgIpc) is 2.91. The highest BCUT2D eigenvalue weighted by molar-refractivity contribution is 7.11. The second kappa shape index (κ2) is 7.29. The number of nitrogens with one attached hydrogen (secondary N) is 1. The van der Waals surface area contributed by atoms with Crippen LogP contribution in [0.25, 0.3) is 0 Å². The van der Waals surface area contributed by atoms with Crippen molar-refractivity contribution in [3.8, 4) is 5.75 Å². The number of anilines is 1. The van der Waals surface area contributed by atoms with E-state index in [9.17, 15) is 0 Å². The predicted octanol–water partition coefficient (Wildman–Crippen LogP) is 4.35. The molecule has 3 nitrogen and oxygen atoms in total. The molecular weight excluding hydrogens is 268 g/mol. The van der Waals surface area contributed by atoms with Crippen molar-refractivity contribution in [2.45, 2.75) is 33.7 Å². The van der Waals surface area contributed by atoms with Crippen LogP contribution in [0, 0.1) is 5.92 Å². The largest absolute Gasteiger partial charge is 0.491 e. The summed E-state index contributed by atoms with van der Waals surface area (Å²) in [5.74, 6) is 1.44. The second-order valence-electron chi connectivity index (χ2n) is 5.13. The Hall–Kier alpha value is -1.55. The molecule has 0 spiro atoms. The Morgan fingerprint density at radius 3 is 2.80 bits per heavy atom. The number of aryl methyl sites for hydroxylation is 1. The molecule has 108 valence electrons. The van der Waals surface area contributed by atoms with Gasteiger partial charge in [-0.2, -0.15) is 0 Å². The lowest BCUT2D eigenvalue weighted by Gasteiger charge is -2.14. The molecule has 1 heterocycles. The number of ether oxygens (including phenoxy) is 1. The van der Waals surface area contributed by atoms with Gasteiger partial charge in [0, 0.05) is 11.1 Å². The summed E-state index contributed by atoms with van der Waals surface area (Å²) >= 11 is 1.76. The maximum absolute atomic E-state index is 5.84. The molecule has 0 aliphatic carbocycles. The van der Waals surface area contributed by atoms with Gasteiger partial charge in [-0.3, -0.25) is 0 Å². The summed E-state index contributed by atoms with van der Waals surface area (Å²) in [6.07, 6.45) is 2.95. The minimum Gasteiger partial charge on any atom is -0.491 e. The van der Waals surface area contributed by atoms with E-state index in [4.69, 9.17) is 4.74 Å². The molecule has 0 aliphatic rings. The molecule has 0 amide bonds. The maximum atomic E-state index is 5.84. The third-order valence-electron chi connectivity index (χ3n) is 2.82. The highest BCUT2D eigenvalue weighted by atomic mass is 32.1. The van der Waals surface area contributed by atoms with Gasteiger partial charge in [0.1, 0.15) is 5.75 Å². The lowest BCUT2D eigenvalue weighted by Crippen LogP contribution is -2.07. The zero-order chi connectivity index (χ0) is 14.4. The van der Waals surface area contributed by atoms with Crippen molar-refractivity contribution in [1.29, 1.82) is 0 Å². The van der Waals surface area contributed by atoms with Crippen LogP contribution in [-0.2, 0) is 13.0 Å². The molecule has 0 saturated carbocycles. The summed E-state index contributed by atoms with van der Waals surface area (Å²) in [5, 5.41) is 4.62. The van der Waals surface area contributed by atoms with Gasteiger partial charge in [0.15, 0.2) is 0 Å². The van der Waals surface area contributed by atoms with E-state index in [0.29, 0.717) is 5.92 Å². The number of rotatable bonds is 7. The van der Waals surface area contributed by atoms with Crippen molar-refractivity contribution in [2.75, 3.05) is 11.9 Å². The Kier molecular flexibility index (Phi) is 5.41. The summed E-state index contributed by atoms with van der Waals surface area (Å²) in [4.78, 5) is 5.63. The van der Waals surface area contributed by atoms with Crippen LogP contribution in [0.4, 0.5) is 5.69 Å². The van der Waals surface area contributed by atoms with Gasteiger partial charge in [-0.25, -0.2) is 4.98 Å². The van der Waals surface area contributed by atoms with Crippen molar-refractivity contribution < 1.29 is 4.74 Å². The zero-order valence-electron chi connectivity index (χ0n) is 12.3. The van der Waals surface area contributed by atoms with Gasteiger partial charge in [-0.15, -0.1) is 11.3 Å². The van der Waals surface area contributed by atoms with E-state index >= 15 is 0 Å². The van der Waals surface area contributed by atoms with Crippen LogP contribution < -0.4 is 10.1 Å². The normalized spacial score (nSPS) is 10.8. The van der Waals surface area contributed by atoms with Crippen molar-refractivity contribution >= 4 is 17.0 Å². The summed E-state index contributed by atoms with van der Waals surface area (Å²) in [5.41, 5.74) is 1.04. The molecule has 2 rings (SSSR count). The van der Waals surface area contributed by atoms with Crippen LogP contribution in [0.1, 0.15) is 30.7 Å². The highest BCUT2D eigenvalue weighted by Gasteiger charge is 2.05. The van der Waals surface area contributed by atoms with Gasteiger partial charge in [-0.1, -0.05) is 32.9 Å². The number of hydrogen-bond acceptors (Lipinski definition) is 4. The first-order valence-corrected chi connectivity index (χ1v) is 7.90. The summed E-state index contributed by atoms with van der Waals surface area (Å²) in [6, 6.07) is 8.09. The van der Waals surface area contributed by atoms with E-state index in [1.165, 1.54) is 9.88 Å². The zero-order valence-corrected chi connectivity index (χ0v) is 13.2. The Morgan fingerprint density at radius 1 is 1.30 bits per heavy atom. The number of hydrogen-bond donors (Lipinski definition) is 1. The standard InChI is InChI=1S/C16H22N2OS/c1-4-16-18-10-13(20-16)9-17-14-7-5-6-8-15(14)19-11-12(2)3/h5-8,10,12,17H,4,9,11H2,1-3H3. The fourth-order valence-electron chi connectivity index (χ4n) is 1.77. The van der Waals surface area contributed by atoms with Crippen LogP contribution in [-0.4, -0.2) is 11.6 Å². The number of nitrogens with zero attached hydrogens (tertiary/aromatic N) is 1. The molecule has 0 unspecified atom stereocenters. The van der Waals surface area contributed by atoms with Crippen LogP contribution in [0.15, 0.2) is 30.5 Å². The fourth-order valence-corrected chi connectivity index (χ4v) is 2.57. The topological polar surface area (TPSA) is 34.2 Å². The number of thiazole rings is 1. The van der Waals surface area contributed by atoms with Gasteiger partial charge < -0.3 is 10.1 Å². The summed E-state index contributed by atoms with van der Waals surface area (Å²) in [6.45, 7) is 7.96. The molecule has 0 atom stereocenters. The first kappa shape index (κ1) is 14.9. The van der Waals surface area contributed by atoms with Crippen LogP contribution in [0.2, 0.25) is 0 Å². The van der Waals surface area contributed by atoms with E-state index in [2.05, 4.69) is 37.1 Å². The lowest BCUT2D eigenvalue weighted by atomic mass is 10.2. The molecular formula is C16H22N2OS. The maximum Gasteiger partial charge on any atom is 0.142 e. The van der Waals surface area contributed by atoms with E-state index in [1.54, 1.807) is 11.3 Å². The molecule has 0 saturated heterocycles. The molecule has 0 fully saturated rings. The Morgan fingerprint density at radius 2 is 2.10 bits per heavy atom. The van der Waals surface area contributed by atoms with Crippen molar-refractivity contribution in [1.82, 2.24) is 4.98 Å². The van der Waals surface area contributed by atoms with Crippen LogP contribution >= 0.6 is 11.3 Å². The van der Waals surface area contributed by atoms with E-state index in [0.717, 1.165) is 31.0 Å². The molecule has 0 bridgehead atoms. The van der Waals surface area contributed by atoms with E-state index in [-0.39, 0.29) is 0 Å². The van der Waals surface area contributed by atoms with Gasteiger partial charge in [0.2, 0.25) is 0 Å². The summed E-state index contributed by atoms with van der Waals surface area (Å²) < 4.78 is 5.84. The summed E-state index contributed by atoms with van der Waals surface area (Å²) in [7, 11) is 0. The van der Waals surface area contributed by atoms with E-state index < -0.39 is 0 Å². The number of aromatic nitrogens is 1. The average molecular weight is 290 g/mol. The quantitative estimate of drug-likeness (QED) is 0.823. The van der Waals surface area contributed by atoms with Gasteiger partial charge in [0.25, 0.3) is 0 Å². The molecule has 4 heteroatoms. The van der Waals surface area contributed by atoms with Gasteiger partial charge >= 0.3 is 0 Å². The molecule has 1 aromatic carbocycles. The smallest absolute Gasteiger partial charge is 0.142 e. The monoisotopic (exact) mass is 290 g/mol. The number of benzene rings is 1. The highest BCUT2D eigenvalue weighted by Crippen LogP contribution is 2.25. The molecule has 0 radical (unpaired) electrons. The number of para-hydroxylation sites is 2. The van der Waals surface area contributed by atoms with Crippen molar-refractivity contribution in [3.05, 3.63) is 40.3 Å². The van der Waals surface area contributed by atoms with Crippen molar-refractivity contribution in [2.24, 2.45) is 5.92 Å². The minimum absolute atomic E-state index is 0.525. The Bertz CT molecular complexity index is 537. The van der Waals surface area contributed by atoms with E-state index in [1.807, 2.05) is 24.4 Å². The molecule has 20 heavy (non-hydrogen) atoms. The molecule has 0 aliphatic heterocycles. The molecule has 1 N–H and O–H groups in total. The Labute approximate surface area is 125 Å². The van der Waals surface area contributed by atoms with Crippen molar-refractivity contribution in [3.63, 3.8) is 0 Å². The first-order valence-electron chi connectivity index (χ1n) is 7.08. The fraction of sp³-hybridized carbons (Fsp3) is 0.438. The van der Waals surface area contributed by atoms with Gasteiger partial charge in [-0.05, 0) is 24.5 Å². The first-order chi connectivity index (χ1) is 9.69. The third kappa shape index (κ3) is 4.23. The predicted molar refractivity (Wildman–Crippen MR) is 85.6 cm³/mol. The SMILES string of the molecule is CCc1ncc(CNc2ccccc2OCC(C)C)s1. The lowest BCUT2D eigenvalue weighted by molar-refractivity contribution is 0.272. The minimum atomic E-state index is 0.525. The van der Waals surface area contributed by atoms with Gasteiger partial charge in [0.05, 0.1) is 23.8 Å². The second-order valence-corrected chi connectivity index (χ2v) is 6.33. The Balaban J connectivity index is 1.97. The van der Waals surface area contributed by atoms with Crippen LogP contribution in [0.3, 0.4) is 0 Å². The third-order valence-corrected chi connectivity index (χ3v) is 3.96.